The number of ketones is 1. The molecule has 1 aromatic heterocycles. The van der Waals surface area contributed by atoms with E-state index in [0.717, 1.165) is 43.1 Å². The van der Waals surface area contributed by atoms with Gasteiger partial charge in [0.2, 0.25) is 0 Å². The zero-order valence-electron chi connectivity index (χ0n) is 14.0. The van der Waals surface area contributed by atoms with Crippen LogP contribution in [0.15, 0.2) is 28.9 Å². The second kappa shape index (κ2) is 6.47. The standard InChI is InChI=1S/C17H15F3N2O4/c1-22(16(24)25-2)13-7-10(17(18,19)20)5-6-11(13)14(23)12-8-21-26-15(12)9-3-4-9/h5-9H,3-4H2,1-2H3. The predicted molar refractivity (Wildman–Crippen MR) is 84.2 cm³/mol. The minimum atomic E-state index is -4.62. The Bertz CT molecular complexity index is 856. The molecule has 1 heterocycles. The van der Waals surface area contributed by atoms with Crippen LogP contribution < -0.4 is 4.90 Å². The minimum absolute atomic E-state index is 0.0731. The third-order valence-corrected chi connectivity index (χ3v) is 4.17. The Morgan fingerprint density at radius 3 is 2.54 bits per heavy atom. The highest BCUT2D eigenvalue weighted by Crippen LogP contribution is 2.42. The molecule has 0 spiro atoms. The first-order chi connectivity index (χ1) is 12.2. The Morgan fingerprint density at radius 2 is 1.96 bits per heavy atom. The number of hydrogen-bond donors (Lipinski definition) is 0. The average Bonchev–Trinajstić information content (AvgIpc) is 3.35. The summed E-state index contributed by atoms with van der Waals surface area (Å²) in [5, 5.41) is 3.63. The van der Waals surface area contributed by atoms with E-state index in [0.29, 0.717) is 5.76 Å². The number of amides is 1. The number of halogens is 3. The van der Waals surface area contributed by atoms with Gasteiger partial charge in [0.25, 0.3) is 0 Å². The van der Waals surface area contributed by atoms with Gasteiger partial charge in [0.05, 0.1) is 30.1 Å². The Labute approximate surface area is 146 Å². The molecule has 1 amide bonds. The number of aromatic nitrogens is 1. The lowest BCUT2D eigenvalue weighted by Gasteiger charge is -2.20. The molecule has 1 fully saturated rings. The molecular formula is C17H15F3N2O4. The van der Waals surface area contributed by atoms with E-state index in [1.54, 1.807) is 0 Å². The second-order valence-electron chi connectivity index (χ2n) is 5.97. The van der Waals surface area contributed by atoms with Gasteiger partial charge in [0.1, 0.15) is 0 Å². The molecule has 0 N–H and O–H groups in total. The highest BCUT2D eigenvalue weighted by atomic mass is 19.4. The highest BCUT2D eigenvalue weighted by molar-refractivity contribution is 6.14. The Hall–Kier alpha value is -2.84. The number of carbonyl (C=O) groups excluding carboxylic acids is 2. The quantitative estimate of drug-likeness (QED) is 0.763. The SMILES string of the molecule is COC(=O)N(C)c1cc(C(F)(F)F)ccc1C(=O)c1cnoc1C1CC1. The van der Waals surface area contributed by atoms with Crippen molar-refractivity contribution >= 4 is 17.6 Å². The van der Waals surface area contributed by atoms with E-state index in [1.165, 1.54) is 13.2 Å². The van der Waals surface area contributed by atoms with Crippen molar-refractivity contribution in [3.05, 3.63) is 46.8 Å². The summed E-state index contributed by atoms with van der Waals surface area (Å²) in [6.45, 7) is 0. The summed E-state index contributed by atoms with van der Waals surface area (Å²) in [5.41, 5.74) is -1.07. The van der Waals surface area contributed by atoms with Gasteiger partial charge in [-0.25, -0.2) is 4.79 Å². The molecule has 1 aromatic carbocycles. The molecular weight excluding hydrogens is 353 g/mol. The van der Waals surface area contributed by atoms with E-state index in [2.05, 4.69) is 9.89 Å². The van der Waals surface area contributed by atoms with Crippen LogP contribution in [0.1, 0.15) is 46.0 Å². The maximum absolute atomic E-state index is 13.1. The van der Waals surface area contributed by atoms with Gasteiger partial charge in [-0.3, -0.25) is 9.69 Å². The number of alkyl halides is 3. The minimum Gasteiger partial charge on any atom is -0.452 e. The molecule has 9 heteroatoms. The topological polar surface area (TPSA) is 72.6 Å². The van der Waals surface area contributed by atoms with Crippen LogP contribution >= 0.6 is 0 Å². The van der Waals surface area contributed by atoms with Crippen LogP contribution in [0.25, 0.3) is 0 Å². The van der Waals surface area contributed by atoms with Crippen molar-refractivity contribution in [2.24, 2.45) is 0 Å². The molecule has 6 nitrogen and oxygen atoms in total. The van der Waals surface area contributed by atoms with Crippen LogP contribution in [0.5, 0.6) is 0 Å². The van der Waals surface area contributed by atoms with Crippen molar-refractivity contribution < 1.29 is 32.0 Å². The summed E-state index contributed by atoms with van der Waals surface area (Å²) >= 11 is 0. The normalized spacial score (nSPS) is 14.2. The summed E-state index contributed by atoms with van der Waals surface area (Å²) in [4.78, 5) is 25.6. The molecule has 0 bridgehead atoms. The van der Waals surface area contributed by atoms with Gasteiger partial charge < -0.3 is 9.26 Å². The van der Waals surface area contributed by atoms with E-state index in [1.807, 2.05) is 0 Å². The second-order valence-corrected chi connectivity index (χ2v) is 5.97. The maximum atomic E-state index is 13.1. The lowest BCUT2D eigenvalue weighted by Crippen LogP contribution is -2.28. The van der Waals surface area contributed by atoms with Crippen molar-refractivity contribution in [1.82, 2.24) is 5.16 Å². The van der Waals surface area contributed by atoms with Crippen molar-refractivity contribution in [2.75, 3.05) is 19.1 Å². The number of benzene rings is 1. The van der Waals surface area contributed by atoms with Gasteiger partial charge in [0, 0.05) is 18.5 Å². The molecule has 0 saturated heterocycles. The van der Waals surface area contributed by atoms with Crippen molar-refractivity contribution in [3.8, 4) is 0 Å². The first-order valence-electron chi connectivity index (χ1n) is 7.76. The Kier molecular flexibility index (Phi) is 4.47. The fourth-order valence-corrected chi connectivity index (χ4v) is 2.62. The number of rotatable bonds is 4. The van der Waals surface area contributed by atoms with E-state index >= 15 is 0 Å². The van der Waals surface area contributed by atoms with E-state index in [-0.39, 0.29) is 22.7 Å². The van der Waals surface area contributed by atoms with Gasteiger partial charge in [-0.05, 0) is 31.0 Å². The number of hydrogen-bond acceptors (Lipinski definition) is 5. The molecule has 0 radical (unpaired) electrons. The van der Waals surface area contributed by atoms with Crippen LogP contribution in [0.2, 0.25) is 0 Å². The molecule has 2 aromatic rings. The largest absolute Gasteiger partial charge is 0.452 e. The molecule has 26 heavy (non-hydrogen) atoms. The average molecular weight is 368 g/mol. The van der Waals surface area contributed by atoms with Crippen molar-refractivity contribution in [2.45, 2.75) is 24.9 Å². The van der Waals surface area contributed by atoms with Gasteiger partial charge in [0.15, 0.2) is 11.5 Å². The highest BCUT2D eigenvalue weighted by Gasteiger charge is 2.36. The lowest BCUT2D eigenvalue weighted by atomic mass is 9.98. The van der Waals surface area contributed by atoms with Gasteiger partial charge in [-0.1, -0.05) is 5.16 Å². The Balaban J connectivity index is 2.08. The van der Waals surface area contributed by atoms with Gasteiger partial charge in [-0.15, -0.1) is 0 Å². The molecule has 0 unspecified atom stereocenters. The number of carbonyl (C=O) groups is 2. The summed E-state index contributed by atoms with van der Waals surface area (Å²) in [7, 11) is 2.33. The molecule has 0 atom stereocenters. The maximum Gasteiger partial charge on any atom is 0.416 e. The third-order valence-electron chi connectivity index (χ3n) is 4.17. The molecule has 1 aliphatic carbocycles. The predicted octanol–water partition coefficient (Wildman–Crippen LogP) is 4.00. The third kappa shape index (κ3) is 3.29. The zero-order chi connectivity index (χ0) is 19.1. The smallest absolute Gasteiger partial charge is 0.416 e. The molecule has 1 saturated carbocycles. The van der Waals surface area contributed by atoms with Crippen LogP contribution in [-0.2, 0) is 10.9 Å². The summed E-state index contributed by atoms with van der Waals surface area (Å²) in [6.07, 6.45) is -2.56. The number of anilines is 1. The molecule has 138 valence electrons. The molecule has 1 aliphatic rings. The van der Waals surface area contributed by atoms with Crippen molar-refractivity contribution in [3.63, 3.8) is 0 Å². The van der Waals surface area contributed by atoms with Crippen molar-refractivity contribution in [1.29, 1.82) is 0 Å². The van der Waals surface area contributed by atoms with Crippen LogP contribution in [0.4, 0.5) is 23.7 Å². The van der Waals surface area contributed by atoms with Crippen LogP contribution in [0.3, 0.4) is 0 Å². The van der Waals surface area contributed by atoms with E-state index in [9.17, 15) is 22.8 Å². The number of methoxy groups -OCH3 is 1. The first kappa shape index (κ1) is 18.0. The van der Waals surface area contributed by atoms with E-state index < -0.39 is 23.6 Å². The van der Waals surface area contributed by atoms with Crippen LogP contribution in [-0.4, -0.2) is 31.2 Å². The first-order valence-corrected chi connectivity index (χ1v) is 7.76. The summed E-state index contributed by atoms with van der Waals surface area (Å²) < 4.78 is 48.8. The van der Waals surface area contributed by atoms with Crippen LogP contribution in [0, 0.1) is 0 Å². The zero-order valence-corrected chi connectivity index (χ0v) is 14.0. The molecule has 3 rings (SSSR count). The summed E-state index contributed by atoms with van der Waals surface area (Å²) in [6, 6.07) is 2.59. The number of nitrogens with zero attached hydrogens (tertiary/aromatic N) is 2. The van der Waals surface area contributed by atoms with Gasteiger partial charge in [-0.2, -0.15) is 13.2 Å². The number of ether oxygens (including phenoxy) is 1. The fraction of sp³-hybridized carbons (Fsp3) is 0.353. The fourth-order valence-electron chi connectivity index (χ4n) is 2.62. The lowest BCUT2D eigenvalue weighted by molar-refractivity contribution is -0.137. The van der Waals surface area contributed by atoms with E-state index in [4.69, 9.17) is 4.52 Å². The summed E-state index contributed by atoms with van der Waals surface area (Å²) in [5.74, 6) is -0.0538. The molecule has 0 aliphatic heterocycles. The monoisotopic (exact) mass is 368 g/mol. The van der Waals surface area contributed by atoms with Gasteiger partial charge >= 0.3 is 12.3 Å². The Morgan fingerprint density at radius 1 is 1.27 bits per heavy atom.